The number of ether oxygens (including phenoxy) is 3. The van der Waals surface area contributed by atoms with Crippen LogP contribution in [0.25, 0.3) is 5.69 Å². The minimum Gasteiger partial charge on any atom is -0.494 e. The Bertz CT molecular complexity index is 1050. The summed E-state index contributed by atoms with van der Waals surface area (Å²) in [6.45, 7) is 5.14. The molecule has 1 aliphatic heterocycles. The van der Waals surface area contributed by atoms with E-state index in [-0.39, 0.29) is 18.3 Å². The molecule has 174 valence electrons. The summed E-state index contributed by atoms with van der Waals surface area (Å²) in [6, 6.07) is 14.8. The van der Waals surface area contributed by atoms with Gasteiger partial charge in [0.05, 0.1) is 25.6 Å². The lowest BCUT2D eigenvalue weighted by atomic mass is 10.3. The summed E-state index contributed by atoms with van der Waals surface area (Å²) in [6.07, 6.45) is 0. The Kier molecular flexibility index (Phi) is 8.09. The molecule has 1 aromatic heterocycles. The molecule has 0 spiro atoms. The largest absolute Gasteiger partial charge is 0.494 e. The molecule has 0 bridgehead atoms. The van der Waals surface area contributed by atoms with Gasteiger partial charge in [0.1, 0.15) is 18.1 Å². The Labute approximate surface area is 201 Å². The van der Waals surface area contributed by atoms with Crippen molar-refractivity contribution in [3.05, 3.63) is 59.4 Å². The van der Waals surface area contributed by atoms with Crippen LogP contribution < -0.4 is 9.47 Å². The van der Waals surface area contributed by atoms with Crippen LogP contribution in [-0.2, 0) is 16.1 Å². The molecule has 0 N–H and O–H groups in total. The van der Waals surface area contributed by atoms with Gasteiger partial charge in [0.25, 0.3) is 0 Å². The molecule has 10 heteroatoms. The molecular weight excluding hydrogens is 464 g/mol. The molecule has 1 fully saturated rings. The fraction of sp³-hybridized carbons (Fsp3) is 0.348. The third-order valence-electron chi connectivity index (χ3n) is 4.98. The fourth-order valence-electron chi connectivity index (χ4n) is 3.31. The van der Waals surface area contributed by atoms with Crippen molar-refractivity contribution in [2.75, 3.05) is 38.7 Å². The van der Waals surface area contributed by atoms with Gasteiger partial charge in [-0.15, -0.1) is 10.2 Å². The predicted octanol–water partition coefficient (Wildman–Crippen LogP) is 3.85. The number of halogens is 1. The van der Waals surface area contributed by atoms with Crippen molar-refractivity contribution < 1.29 is 19.0 Å². The molecule has 0 aliphatic carbocycles. The summed E-state index contributed by atoms with van der Waals surface area (Å²) >= 11 is 7.43. The molecule has 0 atom stereocenters. The Hall–Kier alpha value is -2.75. The van der Waals surface area contributed by atoms with Crippen molar-refractivity contribution in [2.45, 2.75) is 18.7 Å². The Morgan fingerprint density at radius 1 is 1.03 bits per heavy atom. The van der Waals surface area contributed by atoms with Crippen LogP contribution in [0.4, 0.5) is 0 Å². The van der Waals surface area contributed by atoms with Crippen LogP contribution in [-0.4, -0.2) is 64.2 Å². The molecule has 3 aromatic rings. The monoisotopic (exact) mass is 488 g/mol. The molecule has 1 aliphatic rings. The summed E-state index contributed by atoms with van der Waals surface area (Å²) < 4.78 is 18.6. The molecule has 2 heterocycles. The van der Waals surface area contributed by atoms with Crippen molar-refractivity contribution in [1.29, 1.82) is 0 Å². The maximum Gasteiger partial charge on any atom is 0.233 e. The lowest BCUT2D eigenvalue weighted by Crippen LogP contribution is -2.41. The summed E-state index contributed by atoms with van der Waals surface area (Å²) in [4.78, 5) is 14.4. The van der Waals surface area contributed by atoms with Crippen molar-refractivity contribution in [3.8, 4) is 17.2 Å². The number of nitrogens with zero attached hydrogens (tertiary/aromatic N) is 4. The predicted molar refractivity (Wildman–Crippen MR) is 126 cm³/mol. The molecule has 0 unspecified atom stereocenters. The highest BCUT2D eigenvalue weighted by Crippen LogP contribution is 2.25. The minimum atomic E-state index is 0.0566. The van der Waals surface area contributed by atoms with E-state index in [1.165, 1.54) is 11.8 Å². The molecule has 33 heavy (non-hydrogen) atoms. The van der Waals surface area contributed by atoms with Gasteiger partial charge in [0.15, 0.2) is 11.0 Å². The number of aromatic nitrogens is 3. The number of rotatable bonds is 9. The van der Waals surface area contributed by atoms with Crippen LogP contribution in [0.15, 0.2) is 53.7 Å². The van der Waals surface area contributed by atoms with Crippen LogP contribution in [0.2, 0.25) is 5.02 Å². The summed E-state index contributed by atoms with van der Waals surface area (Å²) in [7, 11) is 0. The van der Waals surface area contributed by atoms with Crippen LogP contribution >= 0.6 is 23.4 Å². The first-order chi connectivity index (χ1) is 16.1. The number of morpholine rings is 1. The van der Waals surface area contributed by atoms with Gasteiger partial charge in [-0.2, -0.15) is 0 Å². The number of carbonyl (C=O) groups is 1. The molecule has 8 nitrogen and oxygen atoms in total. The number of carbonyl (C=O) groups excluding carboxylic acids is 1. The van der Waals surface area contributed by atoms with E-state index < -0.39 is 0 Å². The van der Waals surface area contributed by atoms with E-state index in [4.69, 9.17) is 25.8 Å². The van der Waals surface area contributed by atoms with Gasteiger partial charge < -0.3 is 19.1 Å². The Balaban J connectivity index is 1.49. The van der Waals surface area contributed by atoms with Crippen molar-refractivity contribution in [2.24, 2.45) is 0 Å². The zero-order valence-corrected chi connectivity index (χ0v) is 19.8. The number of hydrogen-bond donors (Lipinski definition) is 0. The quantitative estimate of drug-likeness (QED) is 0.423. The van der Waals surface area contributed by atoms with E-state index in [0.717, 1.165) is 11.4 Å². The standard InChI is InChI=1S/C23H25ClN4O4S/c1-2-31-19-7-9-20(10-8-19)32-15-21-25-26-23(28(21)18-5-3-17(24)4-6-18)33-16-22(29)27-11-13-30-14-12-27/h3-10H,2,11-16H2,1H3. The van der Waals surface area contributed by atoms with Crippen LogP contribution in [0, 0.1) is 0 Å². The second-order valence-corrected chi connectivity index (χ2v) is 8.56. The number of benzene rings is 2. The zero-order chi connectivity index (χ0) is 23.0. The topological polar surface area (TPSA) is 78.7 Å². The van der Waals surface area contributed by atoms with E-state index in [9.17, 15) is 4.79 Å². The molecule has 4 rings (SSSR count). The number of amides is 1. The van der Waals surface area contributed by atoms with Crippen LogP contribution in [0.1, 0.15) is 12.7 Å². The first-order valence-corrected chi connectivity index (χ1v) is 12.0. The van der Waals surface area contributed by atoms with Crippen molar-refractivity contribution in [1.82, 2.24) is 19.7 Å². The third kappa shape index (κ3) is 6.19. The van der Waals surface area contributed by atoms with E-state index in [0.29, 0.717) is 54.7 Å². The van der Waals surface area contributed by atoms with Crippen molar-refractivity contribution in [3.63, 3.8) is 0 Å². The van der Waals surface area contributed by atoms with Gasteiger partial charge in [-0.25, -0.2) is 0 Å². The average Bonchev–Trinajstić information content (AvgIpc) is 3.26. The summed E-state index contributed by atoms with van der Waals surface area (Å²) in [5, 5.41) is 9.91. The smallest absolute Gasteiger partial charge is 0.233 e. The number of thioether (sulfide) groups is 1. The Morgan fingerprint density at radius 2 is 1.70 bits per heavy atom. The van der Waals surface area contributed by atoms with Gasteiger partial charge >= 0.3 is 0 Å². The minimum absolute atomic E-state index is 0.0566. The fourth-order valence-corrected chi connectivity index (χ4v) is 4.31. The average molecular weight is 489 g/mol. The van der Waals surface area contributed by atoms with Gasteiger partial charge in [-0.05, 0) is 55.5 Å². The van der Waals surface area contributed by atoms with E-state index >= 15 is 0 Å². The van der Waals surface area contributed by atoms with Gasteiger partial charge in [-0.3, -0.25) is 9.36 Å². The van der Waals surface area contributed by atoms with Crippen LogP contribution in [0.3, 0.4) is 0 Å². The second kappa shape index (κ2) is 11.4. The zero-order valence-electron chi connectivity index (χ0n) is 18.3. The van der Waals surface area contributed by atoms with Gasteiger partial charge in [-0.1, -0.05) is 23.4 Å². The van der Waals surface area contributed by atoms with E-state index in [2.05, 4.69) is 10.2 Å². The summed E-state index contributed by atoms with van der Waals surface area (Å²) in [5.74, 6) is 2.43. The lowest BCUT2D eigenvalue weighted by Gasteiger charge is -2.26. The van der Waals surface area contributed by atoms with E-state index in [1.54, 1.807) is 12.1 Å². The molecule has 0 radical (unpaired) electrons. The molecule has 1 amide bonds. The molecule has 2 aromatic carbocycles. The lowest BCUT2D eigenvalue weighted by molar-refractivity contribution is -0.132. The molecule has 0 saturated carbocycles. The molecule has 1 saturated heterocycles. The second-order valence-electron chi connectivity index (χ2n) is 7.19. The van der Waals surface area contributed by atoms with E-state index in [1.807, 2.05) is 52.8 Å². The SMILES string of the molecule is CCOc1ccc(OCc2nnc(SCC(=O)N3CCOCC3)n2-c2ccc(Cl)cc2)cc1. The van der Waals surface area contributed by atoms with Crippen LogP contribution in [0.5, 0.6) is 11.5 Å². The highest BCUT2D eigenvalue weighted by Gasteiger charge is 2.20. The normalized spacial score (nSPS) is 13.7. The highest BCUT2D eigenvalue weighted by atomic mass is 35.5. The highest BCUT2D eigenvalue weighted by molar-refractivity contribution is 7.99. The van der Waals surface area contributed by atoms with Crippen molar-refractivity contribution >= 4 is 29.3 Å². The number of hydrogen-bond acceptors (Lipinski definition) is 7. The maximum atomic E-state index is 12.6. The Morgan fingerprint density at radius 3 is 2.36 bits per heavy atom. The summed E-state index contributed by atoms with van der Waals surface area (Å²) in [5.41, 5.74) is 0.844. The molecular formula is C23H25ClN4O4S. The van der Waals surface area contributed by atoms with Gasteiger partial charge in [0, 0.05) is 23.8 Å². The van der Waals surface area contributed by atoms with Gasteiger partial charge in [0.2, 0.25) is 5.91 Å². The third-order valence-corrected chi connectivity index (χ3v) is 6.14. The first kappa shape index (κ1) is 23.4. The maximum absolute atomic E-state index is 12.6. The first-order valence-electron chi connectivity index (χ1n) is 10.7.